The summed E-state index contributed by atoms with van der Waals surface area (Å²) in [7, 11) is -2.22. The summed E-state index contributed by atoms with van der Waals surface area (Å²) in [4.78, 5) is 12.9. The minimum absolute atomic E-state index is 0.00890. The molecule has 0 aliphatic heterocycles. The van der Waals surface area contributed by atoms with Crippen LogP contribution >= 0.6 is 0 Å². The zero-order valence-corrected chi connectivity index (χ0v) is 18.9. The van der Waals surface area contributed by atoms with Gasteiger partial charge in [0.25, 0.3) is 15.9 Å². The molecule has 0 heterocycles. The van der Waals surface area contributed by atoms with Crippen LogP contribution in [0.15, 0.2) is 83.8 Å². The summed E-state index contributed by atoms with van der Waals surface area (Å²) in [5.74, 6) is -0.219. The van der Waals surface area contributed by atoms with E-state index in [0.717, 1.165) is 18.4 Å². The van der Waals surface area contributed by atoms with Crippen molar-refractivity contribution in [3.63, 3.8) is 0 Å². The third-order valence-electron chi connectivity index (χ3n) is 5.24. The van der Waals surface area contributed by atoms with Crippen LogP contribution in [0.25, 0.3) is 0 Å². The number of hydrogen-bond donors (Lipinski definition) is 1. The molecular formula is C25H28N2O3S. The van der Waals surface area contributed by atoms with Gasteiger partial charge in [-0.3, -0.25) is 9.10 Å². The predicted octanol–water partition coefficient (Wildman–Crippen LogP) is 4.57. The fourth-order valence-corrected chi connectivity index (χ4v) is 4.44. The summed E-state index contributed by atoms with van der Waals surface area (Å²) < 4.78 is 27.1. The van der Waals surface area contributed by atoms with E-state index in [1.807, 2.05) is 32.0 Å². The highest BCUT2D eigenvalue weighted by Crippen LogP contribution is 2.23. The molecule has 6 heteroatoms. The fraction of sp³-hybridized carbons (Fsp3) is 0.240. The summed E-state index contributed by atoms with van der Waals surface area (Å²) >= 11 is 0. The first kappa shape index (κ1) is 22.6. The monoisotopic (exact) mass is 436 g/mol. The van der Waals surface area contributed by atoms with E-state index < -0.39 is 10.0 Å². The highest BCUT2D eigenvalue weighted by Gasteiger charge is 2.22. The van der Waals surface area contributed by atoms with Crippen LogP contribution in [0.5, 0.6) is 0 Å². The normalized spacial score (nSPS) is 12.2. The maximum absolute atomic E-state index is 12.9. The molecule has 5 nitrogen and oxygen atoms in total. The zero-order chi connectivity index (χ0) is 22.4. The van der Waals surface area contributed by atoms with E-state index in [0.29, 0.717) is 11.3 Å². The maximum Gasteiger partial charge on any atom is 0.264 e. The van der Waals surface area contributed by atoms with Crippen LogP contribution < -0.4 is 9.62 Å². The molecule has 1 amide bonds. The molecule has 3 aromatic rings. The van der Waals surface area contributed by atoms with Gasteiger partial charge in [0.15, 0.2) is 0 Å². The average molecular weight is 437 g/mol. The second kappa shape index (κ2) is 9.79. The van der Waals surface area contributed by atoms with Crippen LogP contribution in [-0.2, 0) is 16.4 Å². The Balaban J connectivity index is 1.68. The molecule has 0 radical (unpaired) electrons. The molecule has 0 fully saturated rings. The van der Waals surface area contributed by atoms with E-state index in [4.69, 9.17) is 0 Å². The molecule has 0 saturated carbocycles. The number of nitrogens with one attached hydrogen (secondary N) is 1. The molecule has 0 spiro atoms. The van der Waals surface area contributed by atoms with E-state index in [1.165, 1.54) is 16.9 Å². The highest BCUT2D eigenvalue weighted by molar-refractivity contribution is 7.92. The molecule has 31 heavy (non-hydrogen) atoms. The summed E-state index contributed by atoms with van der Waals surface area (Å²) in [5, 5.41) is 3.00. The lowest BCUT2D eigenvalue weighted by molar-refractivity contribution is 0.0938. The van der Waals surface area contributed by atoms with Crippen molar-refractivity contribution in [3.8, 4) is 0 Å². The summed E-state index contributed by atoms with van der Waals surface area (Å²) in [5.41, 5.74) is 3.08. The topological polar surface area (TPSA) is 66.5 Å². The van der Waals surface area contributed by atoms with Gasteiger partial charge >= 0.3 is 0 Å². The van der Waals surface area contributed by atoms with Crippen LogP contribution in [0, 0.1) is 6.92 Å². The van der Waals surface area contributed by atoms with Gasteiger partial charge in [-0.25, -0.2) is 8.42 Å². The molecule has 1 atom stereocenters. The Hall–Kier alpha value is -3.12. The summed E-state index contributed by atoms with van der Waals surface area (Å²) in [6, 6.07) is 23.5. The number of anilines is 1. The number of hydrogen-bond acceptors (Lipinski definition) is 3. The van der Waals surface area contributed by atoms with Gasteiger partial charge in [0.05, 0.1) is 10.6 Å². The first-order valence-corrected chi connectivity index (χ1v) is 11.7. The first-order chi connectivity index (χ1) is 14.8. The van der Waals surface area contributed by atoms with Crippen molar-refractivity contribution in [2.75, 3.05) is 11.4 Å². The number of aryl methyl sites for hydroxylation is 2. The molecule has 0 aliphatic rings. The number of amides is 1. The van der Waals surface area contributed by atoms with Gasteiger partial charge in [-0.05, 0) is 62.6 Å². The number of carbonyl (C=O) groups excluding carboxylic acids is 1. The van der Waals surface area contributed by atoms with Crippen LogP contribution in [0.2, 0.25) is 0 Å². The Bertz CT molecular complexity index is 1130. The SMILES string of the molecule is Cc1ccc(S(=O)(=O)N(C)c2cccc(C(=O)NC(C)CCc3ccccc3)c2)cc1. The Morgan fingerprint density at radius 3 is 2.32 bits per heavy atom. The van der Waals surface area contributed by atoms with Gasteiger partial charge in [-0.15, -0.1) is 0 Å². The predicted molar refractivity (Wildman–Crippen MR) is 125 cm³/mol. The molecule has 3 aromatic carbocycles. The Morgan fingerprint density at radius 1 is 0.968 bits per heavy atom. The zero-order valence-electron chi connectivity index (χ0n) is 18.1. The minimum atomic E-state index is -3.71. The molecule has 0 aliphatic carbocycles. The van der Waals surface area contributed by atoms with E-state index >= 15 is 0 Å². The van der Waals surface area contributed by atoms with Gasteiger partial charge in [-0.2, -0.15) is 0 Å². The van der Waals surface area contributed by atoms with Gasteiger partial charge in [-0.1, -0.05) is 54.1 Å². The van der Waals surface area contributed by atoms with Gasteiger partial charge in [0.1, 0.15) is 0 Å². The van der Waals surface area contributed by atoms with Crippen LogP contribution in [0.3, 0.4) is 0 Å². The van der Waals surface area contributed by atoms with Crippen molar-refractivity contribution >= 4 is 21.6 Å². The van der Waals surface area contributed by atoms with Crippen LogP contribution in [0.1, 0.15) is 34.8 Å². The Kier molecular flexibility index (Phi) is 7.13. The number of sulfonamides is 1. The number of benzene rings is 3. The van der Waals surface area contributed by atoms with Gasteiger partial charge < -0.3 is 5.32 Å². The van der Waals surface area contributed by atoms with E-state index in [2.05, 4.69) is 17.4 Å². The van der Waals surface area contributed by atoms with Crippen molar-refractivity contribution in [2.24, 2.45) is 0 Å². The van der Waals surface area contributed by atoms with Crippen molar-refractivity contribution in [3.05, 3.63) is 95.6 Å². The maximum atomic E-state index is 12.9. The molecule has 3 rings (SSSR count). The van der Waals surface area contributed by atoms with Crippen molar-refractivity contribution in [1.82, 2.24) is 5.32 Å². The smallest absolute Gasteiger partial charge is 0.264 e. The molecule has 162 valence electrons. The number of rotatable bonds is 8. The third kappa shape index (κ3) is 5.73. The van der Waals surface area contributed by atoms with Gasteiger partial charge in [0, 0.05) is 18.7 Å². The van der Waals surface area contributed by atoms with Crippen LogP contribution in [0.4, 0.5) is 5.69 Å². The summed E-state index contributed by atoms with van der Waals surface area (Å²) in [6.45, 7) is 3.88. The number of carbonyl (C=O) groups is 1. The molecule has 0 aromatic heterocycles. The molecular weight excluding hydrogens is 408 g/mol. The Morgan fingerprint density at radius 2 is 1.65 bits per heavy atom. The lowest BCUT2D eigenvalue weighted by Crippen LogP contribution is -2.33. The lowest BCUT2D eigenvalue weighted by Gasteiger charge is -2.20. The average Bonchev–Trinajstić information content (AvgIpc) is 2.78. The van der Waals surface area contributed by atoms with Crippen molar-refractivity contribution in [2.45, 2.75) is 37.6 Å². The largest absolute Gasteiger partial charge is 0.350 e. The highest BCUT2D eigenvalue weighted by atomic mass is 32.2. The van der Waals surface area contributed by atoms with E-state index in [1.54, 1.807) is 48.5 Å². The standard InChI is InChI=1S/C25H28N2O3S/c1-19-12-16-24(17-13-19)31(29,30)27(3)23-11-7-10-22(18-23)25(28)26-20(2)14-15-21-8-5-4-6-9-21/h4-13,16-18,20H,14-15H2,1-3H3,(H,26,28). The second-order valence-corrected chi connectivity index (χ2v) is 9.70. The first-order valence-electron chi connectivity index (χ1n) is 10.3. The van der Waals surface area contributed by atoms with Crippen LogP contribution in [-0.4, -0.2) is 27.4 Å². The van der Waals surface area contributed by atoms with E-state index in [-0.39, 0.29) is 16.8 Å². The molecule has 1 N–H and O–H groups in total. The quantitative estimate of drug-likeness (QED) is 0.562. The minimum Gasteiger partial charge on any atom is -0.350 e. The fourth-order valence-electron chi connectivity index (χ4n) is 3.26. The van der Waals surface area contributed by atoms with Crippen molar-refractivity contribution < 1.29 is 13.2 Å². The second-order valence-electron chi connectivity index (χ2n) is 7.73. The third-order valence-corrected chi connectivity index (χ3v) is 7.04. The summed E-state index contributed by atoms with van der Waals surface area (Å²) in [6.07, 6.45) is 1.69. The Labute approximate surface area is 184 Å². The van der Waals surface area contributed by atoms with Gasteiger partial charge in [0.2, 0.25) is 0 Å². The molecule has 1 unspecified atom stereocenters. The molecule has 0 saturated heterocycles. The van der Waals surface area contributed by atoms with Crippen molar-refractivity contribution in [1.29, 1.82) is 0 Å². The molecule has 0 bridgehead atoms. The number of nitrogens with zero attached hydrogens (tertiary/aromatic N) is 1. The lowest BCUT2D eigenvalue weighted by atomic mass is 10.1. The van der Waals surface area contributed by atoms with E-state index in [9.17, 15) is 13.2 Å².